The molecule has 0 saturated heterocycles. The molecule has 0 aromatic rings. The molecule has 2 unspecified atom stereocenters. The molecule has 2 atom stereocenters. The maximum atomic E-state index is 12.2. The smallest absolute Gasteiger partial charge is 0.224 e. The summed E-state index contributed by atoms with van der Waals surface area (Å²) in [6.45, 7) is 1.67. The Morgan fingerprint density at radius 2 is 1.64 bits per heavy atom. The lowest BCUT2D eigenvalue weighted by Gasteiger charge is -2.16. The van der Waals surface area contributed by atoms with Gasteiger partial charge in [-0.3, -0.25) is 9.59 Å². The van der Waals surface area contributed by atoms with Crippen LogP contribution in [0.15, 0.2) is 0 Å². The first-order valence-corrected chi connectivity index (χ1v) is 8.80. The zero-order valence-corrected chi connectivity index (χ0v) is 14.1. The van der Waals surface area contributed by atoms with Crippen molar-refractivity contribution < 1.29 is 9.59 Å². The van der Waals surface area contributed by atoms with Gasteiger partial charge in [0, 0.05) is 12.6 Å². The third kappa shape index (κ3) is 5.59. The summed E-state index contributed by atoms with van der Waals surface area (Å²) in [5, 5.41) is 6.12. The van der Waals surface area contributed by atoms with Crippen molar-refractivity contribution in [1.82, 2.24) is 15.5 Å². The SMILES string of the molecule is CN(C)CCCNC(=O)C1CC1C(=O)NC1CCCCCC1. The summed E-state index contributed by atoms with van der Waals surface area (Å²) in [5.41, 5.74) is 0. The summed E-state index contributed by atoms with van der Waals surface area (Å²) < 4.78 is 0. The van der Waals surface area contributed by atoms with Crippen molar-refractivity contribution in [2.75, 3.05) is 27.2 Å². The van der Waals surface area contributed by atoms with Crippen molar-refractivity contribution in [1.29, 1.82) is 0 Å². The van der Waals surface area contributed by atoms with Gasteiger partial charge in [-0.25, -0.2) is 0 Å². The first-order valence-electron chi connectivity index (χ1n) is 8.80. The van der Waals surface area contributed by atoms with E-state index in [2.05, 4.69) is 15.5 Å². The quantitative estimate of drug-likeness (QED) is 0.554. The van der Waals surface area contributed by atoms with E-state index >= 15 is 0 Å². The van der Waals surface area contributed by atoms with Crippen LogP contribution < -0.4 is 10.6 Å². The molecule has 0 spiro atoms. The van der Waals surface area contributed by atoms with E-state index in [0.29, 0.717) is 12.6 Å². The van der Waals surface area contributed by atoms with E-state index in [4.69, 9.17) is 0 Å². The molecule has 22 heavy (non-hydrogen) atoms. The molecule has 0 heterocycles. The van der Waals surface area contributed by atoms with E-state index in [1.165, 1.54) is 25.7 Å². The Balaban J connectivity index is 1.63. The number of amides is 2. The van der Waals surface area contributed by atoms with Crippen LogP contribution in [0.1, 0.15) is 51.4 Å². The Morgan fingerprint density at radius 3 is 2.27 bits per heavy atom. The largest absolute Gasteiger partial charge is 0.356 e. The lowest BCUT2D eigenvalue weighted by molar-refractivity contribution is -0.127. The highest BCUT2D eigenvalue weighted by Crippen LogP contribution is 2.39. The molecule has 2 rings (SSSR count). The van der Waals surface area contributed by atoms with Crippen LogP contribution in [0.4, 0.5) is 0 Å². The number of hydrogen-bond donors (Lipinski definition) is 2. The van der Waals surface area contributed by atoms with Gasteiger partial charge in [-0.05, 0) is 46.3 Å². The van der Waals surface area contributed by atoms with Gasteiger partial charge in [0.05, 0.1) is 11.8 Å². The van der Waals surface area contributed by atoms with Crippen molar-refractivity contribution in [3.63, 3.8) is 0 Å². The third-order valence-corrected chi connectivity index (χ3v) is 4.75. The number of nitrogens with one attached hydrogen (secondary N) is 2. The van der Waals surface area contributed by atoms with Gasteiger partial charge in [0.1, 0.15) is 0 Å². The van der Waals surface area contributed by atoms with Crippen LogP contribution in [0.25, 0.3) is 0 Å². The lowest BCUT2D eigenvalue weighted by atomic mass is 10.1. The van der Waals surface area contributed by atoms with E-state index in [1.807, 2.05) is 14.1 Å². The summed E-state index contributed by atoms with van der Waals surface area (Å²) in [4.78, 5) is 26.3. The molecule has 0 aromatic carbocycles. The normalized spacial score (nSPS) is 25.6. The van der Waals surface area contributed by atoms with Gasteiger partial charge in [0.2, 0.25) is 11.8 Å². The van der Waals surface area contributed by atoms with Crippen LogP contribution in [-0.2, 0) is 9.59 Å². The molecular formula is C17H31N3O2. The van der Waals surface area contributed by atoms with Gasteiger partial charge in [-0.2, -0.15) is 0 Å². The standard InChI is InChI=1S/C17H31N3O2/c1-20(2)11-7-10-18-16(21)14-12-15(14)17(22)19-13-8-5-3-4-6-9-13/h13-15H,3-12H2,1-2H3,(H,18,21)(H,19,22). The van der Waals surface area contributed by atoms with Crippen molar-refractivity contribution in [3.8, 4) is 0 Å². The summed E-state index contributed by atoms with van der Waals surface area (Å²) in [6.07, 6.45) is 8.86. The highest BCUT2D eigenvalue weighted by atomic mass is 16.2. The van der Waals surface area contributed by atoms with Crippen molar-refractivity contribution in [2.24, 2.45) is 11.8 Å². The Kier molecular flexibility index (Phi) is 6.68. The summed E-state index contributed by atoms with van der Waals surface area (Å²) in [7, 11) is 4.05. The molecule has 0 aromatic heterocycles. The van der Waals surface area contributed by atoms with E-state index < -0.39 is 0 Å². The zero-order chi connectivity index (χ0) is 15.9. The van der Waals surface area contributed by atoms with Gasteiger partial charge in [0.15, 0.2) is 0 Å². The molecule has 2 aliphatic rings. The molecule has 126 valence electrons. The average Bonchev–Trinajstić information content (AvgIpc) is 3.27. The zero-order valence-electron chi connectivity index (χ0n) is 14.1. The molecule has 0 bridgehead atoms. The molecule has 2 fully saturated rings. The fourth-order valence-corrected chi connectivity index (χ4v) is 3.24. The minimum Gasteiger partial charge on any atom is -0.356 e. The van der Waals surface area contributed by atoms with Crippen LogP contribution in [0.3, 0.4) is 0 Å². The molecule has 5 heteroatoms. The molecular weight excluding hydrogens is 278 g/mol. The van der Waals surface area contributed by atoms with Crippen molar-refractivity contribution in [3.05, 3.63) is 0 Å². The predicted octanol–water partition coefficient (Wildman–Crippen LogP) is 1.53. The maximum Gasteiger partial charge on any atom is 0.224 e. The molecule has 2 saturated carbocycles. The molecule has 5 nitrogen and oxygen atoms in total. The van der Waals surface area contributed by atoms with Gasteiger partial charge in [-0.15, -0.1) is 0 Å². The fraction of sp³-hybridized carbons (Fsp3) is 0.882. The van der Waals surface area contributed by atoms with Crippen molar-refractivity contribution in [2.45, 2.75) is 57.4 Å². The van der Waals surface area contributed by atoms with Crippen LogP contribution >= 0.6 is 0 Å². The van der Waals surface area contributed by atoms with Crippen LogP contribution in [0.5, 0.6) is 0 Å². The highest BCUT2D eigenvalue weighted by molar-refractivity contribution is 5.92. The van der Waals surface area contributed by atoms with E-state index in [0.717, 1.165) is 32.2 Å². The predicted molar refractivity (Wildman–Crippen MR) is 87.4 cm³/mol. The second-order valence-corrected chi connectivity index (χ2v) is 7.09. The average molecular weight is 309 g/mol. The Hall–Kier alpha value is -1.10. The molecule has 0 radical (unpaired) electrons. The number of nitrogens with zero attached hydrogens (tertiary/aromatic N) is 1. The van der Waals surface area contributed by atoms with Gasteiger partial charge in [0.25, 0.3) is 0 Å². The number of rotatable bonds is 7. The van der Waals surface area contributed by atoms with Gasteiger partial charge < -0.3 is 15.5 Å². The number of carbonyl (C=O) groups is 2. The molecule has 0 aliphatic heterocycles. The van der Waals surface area contributed by atoms with E-state index in [9.17, 15) is 9.59 Å². The third-order valence-electron chi connectivity index (χ3n) is 4.75. The summed E-state index contributed by atoms with van der Waals surface area (Å²) >= 11 is 0. The highest BCUT2D eigenvalue weighted by Gasteiger charge is 2.48. The van der Waals surface area contributed by atoms with Crippen LogP contribution in [-0.4, -0.2) is 49.9 Å². The monoisotopic (exact) mass is 309 g/mol. The van der Waals surface area contributed by atoms with Gasteiger partial charge in [-0.1, -0.05) is 25.7 Å². The number of carbonyl (C=O) groups excluding carboxylic acids is 2. The summed E-state index contributed by atoms with van der Waals surface area (Å²) in [5.74, 6) is -0.0256. The Labute approximate surface area is 134 Å². The molecule has 2 N–H and O–H groups in total. The lowest BCUT2D eigenvalue weighted by Crippen LogP contribution is -2.37. The molecule has 2 aliphatic carbocycles. The fourth-order valence-electron chi connectivity index (χ4n) is 3.24. The maximum absolute atomic E-state index is 12.2. The minimum atomic E-state index is -0.0925. The Bertz CT molecular complexity index is 376. The van der Waals surface area contributed by atoms with Gasteiger partial charge >= 0.3 is 0 Å². The molecule has 2 amide bonds. The Morgan fingerprint density at radius 1 is 1.00 bits per heavy atom. The minimum absolute atomic E-state index is 0.0553. The first-order chi connectivity index (χ1) is 10.6. The second-order valence-electron chi connectivity index (χ2n) is 7.09. The van der Waals surface area contributed by atoms with E-state index in [-0.39, 0.29) is 23.7 Å². The summed E-state index contributed by atoms with van der Waals surface area (Å²) in [6, 6.07) is 0.333. The second kappa shape index (κ2) is 8.51. The van der Waals surface area contributed by atoms with Crippen LogP contribution in [0, 0.1) is 11.8 Å². The van der Waals surface area contributed by atoms with Crippen LogP contribution in [0.2, 0.25) is 0 Å². The van der Waals surface area contributed by atoms with E-state index in [1.54, 1.807) is 0 Å². The topological polar surface area (TPSA) is 61.4 Å². The first kappa shape index (κ1) is 17.3. The number of hydrogen-bond acceptors (Lipinski definition) is 3. The van der Waals surface area contributed by atoms with Crippen molar-refractivity contribution >= 4 is 11.8 Å².